The van der Waals surface area contributed by atoms with Crippen molar-refractivity contribution >= 4 is 22.7 Å². The lowest BCUT2D eigenvalue weighted by Gasteiger charge is -2.25. The van der Waals surface area contributed by atoms with Crippen LogP contribution in [-0.2, 0) is 0 Å². The van der Waals surface area contributed by atoms with Gasteiger partial charge in [-0.25, -0.2) is 9.37 Å². The number of nitrogens with zero attached hydrogens (tertiary/aromatic N) is 2. The fourth-order valence-electron chi connectivity index (χ4n) is 4.39. The van der Waals surface area contributed by atoms with Crippen LogP contribution in [0.2, 0.25) is 0 Å². The lowest BCUT2D eigenvalue weighted by atomic mass is 9.98. The Morgan fingerprint density at radius 2 is 1.94 bits per heavy atom. The van der Waals surface area contributed by atoms with Crippen molar-refractivity contribution in [1.82, 2.24) is 4.98 Å². The maximum atomic E-state index is 14.0. The van der Waals surface area contributed by atoms with Gasteiger partial charge in [-0.15, -0.1) is 0 Å². The quantitative estimate of drug-likeness (QED) is 0.328. The first-order chi connectivity index (χ1) is 17.4. The van der Waals surface area contributed by atoms with Crippen molar-refractivity contribution in [2.75, 3.05) is 18.1 Å². The average molecular weight is 486 g/mol. The normalized spacial score (nSPS) is 14.7. The summed E-state index contributed by atoms with van der Waals surface area (Å²) >= 11 is 0. The highest BCUT2D eigenvalue weighted by Crippen LogP contribution is 2.43. The highest BCUT2D eigenvalue weighted by molar-refractivity contribution is 6.10. The van der Waals surface area contributed by atoms with Crippen molar-refractivity contribution in [1.29, 1.82) is 0 Å². The van der Waals surface area contributed by atoms with E-state index in [9.17, 15) is 14.0 Å². The number of hydrogen-bond acceptors (Lipinski definition) is 6. The van der Waals surface area contributed by atoms with E-state index in [-0.39, 0.29) is 28.9 Å². The molecule has 1 amide bonds. The summed E-state index contributed by atoms with van der Waals surface area (Å²) in [4.78, 5) is 33.3. The highest BCUT2D eigenvalue weighted by atomic mass is 19.1. The van der Waals surface area contributed by atoms with E-state index in [0.29, 0.717) is 35.2 Å². The van der Waals surface area contributed by atoms with Gasteiger partial charge in [-0.3, -0.25) is 14.5 Å². The molecule has 36 heavy (non-hydrogen) atoms. The van der Waals surface area contributed by atoms with Gasteiger partial charge in [0.2, 0.25) is 5.76 Å². The molecular formula is C28H23FN2O5. The molecule has 3 heterocycles. The van der Waals surface area contributed by atoms with Crippen LogP contribution in [0.3, 0.4) is 0 Å². The molecule has 0 saturated heterocycles. The van der Waals surface area contributed by atoms with Gasteiger partial charge >= 0.3 is 0 Å². The van der Waals surface area contributed by atoms with Crippen molar-refractivity contribution in [3.05, 3.63) is 106 Å². The molecule has 5 rings (SSSR count). The molecule has 8 heteroatoms. The summed E-state index contributed by atoms with van der Waals surface area (Å²) in [5, 5.41) is 0.0570. The van der Waals surface area contributed by atoms with Gasteiger partial charge in [0.05, 0.1) is 23.6 Å². The Balaban J connectivity index is 1.76. The van der Waals surface area contributed by atoms with Crippen molar-refractivity contribution in [3.63, 3.8) is 0 Å². The fourth-order valence-corrected chi connectivity index (χ4v) is 4.39. The number of rotatable bonds is 7. The highest BCUT2D eigenvalue weighted by Gasteiger charge is 2.44. The van der Waals surface area contributed by atoms with Gasteiger partial charge in [0.1, 0.15) is 23.8 Å². The summed E-state index contributed by atoms with van der Waals surface area (Å²) in [5.74, 6) is 0.119. The number of anilines is 1. The van der Waals surface area contributed by atoms with E-state index in [1.165, 1.54) is 17.0 Å². The first-order valence-electron chi connectivity index (χ1n) is 11.5. The van der Waals surface area contributed by atoms with E-state index < -0.39 is 23.2 Å². The first-order valence-corrected chi connectivity index (χ1v) is 11.5. The van der Waals surface area contributed by atoms with Crippen LogP contribution in [0.1, 0.15) is 40.3 Å². The maximum Gasteiger partial charge on any atom is 0.296 e. The molecule has 182 valence electrons. The van der Waals surface area contributed by atoms with E-state index in [1.54, 1.807) is 36.4 Å². The number of aryl methyl sites for hydroxylation is 1. The van der Waals surface area contributed by atoms with E-state index in [1.807, 2.05) is 19.9 Å². The molecule has 2 aromatic carbocycles. The van der Waals surface area contributed by atoms with Crippen LogP contribution in [0.25, 0.3) is 11.0 Å². The minimum Gasteiger partial charge on any atom is -0.490 e. The van der Waals surface area contributed by atoms with Crippen LogP contribution in [0.5, 0.6) is 11.5 Å². The summed E-state index contributed by atoms with van der Waals surface area (Å²) in [5.41, 5.74) is 1.05. The third-order valence-corrected chi connectivity index (χ3v) is 5.89. The number of pyridine rings is 1. The second-order valence-electron chi connectivity index (χ2n) is 8.27. The smallest absolute Gasteiger partial charge is 0.296 e. The Bertz CT molecular complexity index is 1560. The molecule has 0 spiro atoms. The predicted octanol–water partition coefficient (Wildman–Crippen LogP) is 5.35. The number of hydrogen-bond donors (Lipinski definition) is 0. The van der Waals surface area contributed by atoms with Gasteiger partial charge in [0.25, 0.3) is 5.91 Å². The standard InChI is InChI=1S/C28H23FN2O5/c1-4-13-35-21-11-9-17(14-22(21)34-5-2)25-24-26(32)19-15-18(29)10-12-20(19)36-27(24)28(33)31(25)23-8-6-7-16(3)30-23/h4,6-12,14-15,25H,1,5,13H2,2-3H3. The number of amides is 1. The molecule has 0 N–H and O–H groups in total. The lowest BCUT2D eigenvalue weighted by Crippen LogP contribution is -2.30. The van der Waals surface area contributed by atoms with Crippen LogP contribution in [-0.4, -0.2) is 24.1 Å². The van der Waals surface area contributed by atoms with Crippen LogP contribution in [0, 0.1) is 12.7 Å². The molecule has 1 unspecified atom stereocenters. The van der Waals surface area contributed by atoms with Crippen molar-refractivity contribution in [2.45, 2.75) is 19.9 Å². The van der Waals surface area contributed by atoms with Crippen molar-refractivity contribution in [3.8, 4) is 11.5 Å². The van der Waals surface area contributed by atoms with Gasteiger partial charge in [-0.1, -0.05) is 24.8 Å². The molecule has 7 nitrogen and oxygen atoms in total. The zero-order chi connectivity index (χ0) is 25.4. The Hall–Kier alpha value is -4.46. The van der Waals surface area contributed by atoms with Gasteiger partial charge < -0.3 is 13.9 Å². The monoisotopic (exact) mass is 486 g/mol. The largest absolute Gasteiger partial charge is 0.490 e. The molecule has 2 aromatic heterocycles. The number of fused-ring (bicyclic) bond motifs is 2. The molecule has 0 aliphatic carbocycles. The van der Waals surface area contributed by atoms with Gasteiger partial charge in [-0.05, 0) is 61.9 Å². The molecule has 0 bridgehead atoms. The lowest BCUT2D eigenvalue weighted by molar-refractivity contribution is 0.0970. The van der Waals surface area contributed by atoms with Crippen LogP contribution in [0.15, 0.2) is 76.5 Å². The SMILES string of the molecule is C=CCOc1ccc(C2c3c(oc4ccc(F)cc4c3=O)C(=O)N2c2cccc(C)n2)cc1OCC. The Kier molecular flexibility index (Phi) is 6.01. The molecular weight excluding hydrogens is 463 g/mol. The van der Waals surface area contributed by atoms with Crippen LogP contribution >= 0.6 is 0 Å². The second kappa shape index (κ2) is 9.30. The fraction of sp³-hybridized carbons (Fsp3) is 0.179. The molecule has 0 saturated carbocycles. The van der Waals surface area contributed by atoms with Gasteiger partial charge in [0, 0.05) is 5.69 Å². The topological polar surface area (TPSA) is 81.9 Å². The minimum atomic E-state index is -0.877. The average Bonchev–Trinajstić information content (AvgIpc) is 3.16. The van der Waals surface area contributed by atoms with E-state index in [2.05, 4.69) is 11.6 Å². The number of benzene rings is 2. The van der Waals surface area contributed by atoms with Gasteiger partial charge in [0.15, 0.2) is 16.9 Å². The molecule has 1 aliphatic heterocycles. The maximum absolute atomic E-state index is 14.0. The second-order valence-corrected chi connectivity index (χ2v) is 8.27. The van der Waals surface area contributed by atoms with Crippen molar-refractivity contribution in [2.24, 2.45) is 0 Å². The molecule has 4 aromatic rings. The first kappa shape index (κ1) is 23.3. The summed E-state index contributed by atoms with van der Waals surface area (Å²) in [6.45, 7) is 7.98. The summed E-state index contributed by atoms with van der Waals surface area (Å²) < 4.78 is 31.4. The molecule has 0 radical (unpaired) electrons. The molecule has 1 aliphatic rings. The van der Waals surface area contributed by atoms with Gasteiger partial charge in [-0.2, -0.15) is 0 Å². The third-order valence-electron chi connectivity index (χ3n) is 5.89. The van der Waals surface area contributed by atoms with E-state index >= 15 is 0 Å². The Morgan fingerprint density at radius 1 is 1.11 bits per heavy atom. The Morgan fingerprint density at radius 3 is 2.69 bits per heavy atom. The number of aromatic nitrogens is 1. The number of carbonyl (C=O) groups excluding carboxylic acids is 1. The summed E-state index contributed by atoms with van der Waals surface area (Å²) in [6.07, 6.45) is 1.62. The van der Waals surface area contributed by atoms with E-state index in [4.69, 9.17) is 13.9 Å². The van der Waals surface area contributed by atoms with Crippen LogP contribution in [0.4, 0.5) is 10.2 Å². The molecule has 0 fully saturated rings. The number of carbonyl (C=O) groups is 1. The third kappa shape index (κ3) is 3.90. The number of ether oxygens (including phenoxy) is 2. The minimum absolute atomic E-state index is 0.0570. The van der Waals surface area contributed by atoms with Crippen LogP contribution < -0.4 is 19.8 Å². The Labute approximate surface area is 206 Å². The summed E-state index contributed by atoms with van der Waals surface area (Å²) in [7, 11) is 0. The van der Waals surface area contributed by atoms with Crippen molar-refractivity contribution < 1.29 is 23.1 Å². The zero-order valence-corrected chi connectivity index (χ0v) is 19.8. The zero-order valence-electron chi connectivity index (χ0n) is 19.8. The van der Waals surface area contributed by atoms with E-state index in [0.717, 1.165) is 6.07 Å². The number of halogens is 1. The predicted molar refractivity (Wildman–Crippen MR) is 133 cm³/mol. The molecule has 1 atom stereocenters. The summed E-state index contributed by atoms with van der Waals surface area (Å²) in [6, 6.07) is 13.3.